The first kappa shape index (κ1) is 26.2. The first-order valence-corrected chi connectivity index (χ1v) is 11.7. The van der Waals surface area contributed by atoms with E-state index in [2.05, 4.69) is 22.8 Å². The summed E-state index contributed by atoms with van der Waals surface area (Å²) >= 11 is 0. The molecular formula is C28H29N3O5. The Balaban J connectivity index is 1.41. The number of carbonyl (C=O) groups is 3. The Labute approximate surface area is 210 Å². The average Bonchev–Trinajstić information content (AvgIpc) is 2.89. The standard InChI is InChI=1S/C28H29N3O5/c1-3-4-17-35-23-15-11-22(12-16-23)27(33)29-19-26(32)31-30-18-21-9-13-24(14-10-21)36-28(34)25-8-6-5-7-20(25)2/h5-16,18H,3-4,17,19H2,1-2H3,(H,29,33)(H,31,32)/b30-18+. The normalized spacial score (nSPS) is 10.6. The van der Waals surface area contributed by atoms with Gasteiger partial charge >= 0.3 is 5.97 Å². The largest absolute Gasteiger partial charge is 0.494 e. The van der Waals surface area contributed by atoms with Gasteiger partial charge in [-0.1, -0.05) is 31.5 Å². The number of nitrogens with zero attached hydrogens (tertiary/aromatic N) is 1. The maximum absolute atomic E-state index is 12.3. The number of benzene rings is 3. The third-order valence-electron chi connectivity index (χ3n) is 5.15. The quantitative estimate of drug-likeness (QED) is 0.138. The summed E-state index contributed by atoms with van der Waals surface area (Å²) in [7, 11) is 0. The number of carbonyl (C=O) groups excluding carboxylic acids is 3. The molecule has 2 amide bonds. The first-order chi connectivity index (χ1) is 17.5. The van der Waals surface area contributed by atoms with Crippen LogP contribution in [0.3, 0.4) is 0 Å². The topological polar surface area (TPSA) is 106 Å². The summed E-state index contributed by atoms with van der Waals surface area (Å²) in [5, 5.41) is 6.44. The number of amides is 2. The number of rotatable bonds is 11. The maximum atomic E-state index is 12.3. The lowest BCUT2D eigenvalue weighted by atomic mass is 10.1. The highest BCUT2D eigenvalue weighted by Gasteiger charge is 2.11. The van der Waals surface area contributed by atoms with Crippen LogP contribution < -0.4 is 20.2 Å². The Morgan fingerprint density at radius 2 is 1.61 bits per heavy atom. The fourth-order valence-corrected chi connectivity index (χ4v) is 3.10. The van der Waals surface area contributed by atoms with Crippen LogP contribution in [0.4, 0.5) is 0 Å². The number of hydrogen-bond acceptors (Lipinski definition) is 6. The zero-order chi connectivity index (χ0) is 25.8. The molecule has 0 aliphatic rings. The molecule has 2 N–H and O–H groups in total. The van der Waals surface area contributed by atoms with Gasteiger partial charge in [0.2, 0.25) is 0 Å². The van der Waals surface area contributed by atoms with Gasteiger partial charge in [-0.3, -0.25) is 9.59 Å². The maximum Gasteiger partial charge on any atom is 0.343 e. The van der Waals surface area contributed by atoms with Crippen molar-refractivity contribution >= 4 is 24.0 Å². The second-order valence-electron chi connectivity index (χ2n) is 7.98. The Kier molecular flexibility index (Phi) is 9.76. The number of unbranched alkanes of at least 4 members (excludes halogenated alkanes) is 1. The molecule has 0 aromatic heterocycles. The van der Waals surface area contributed by atoms with Crippen LogP contribution in [0.2, 0.25) is 0 Å². The molecule has 3 rings (SSSR count). The molecule has 0 atom stereocenters. The molecule has 3 aromatic rings. The Morgan fingerprint density at radius 1 is 0.917 bits per heavy atom. The van der Waals surface area contributed by atoms with Crippen molar-refractivity contribution in [3.8, 4) is 11.5 Å². The smallest absolute Gasteiger partial charge is 0.343 e. The molecule has 0 bridgehead atoms. The van der Waals surface area contributed by atoms with E-state index >= 15 is 0 Å². The van der Waals surface area contributed by atoms with Gasteiger partial charge in [-0.15, -0.1) is 0 Å². The van der Waals surface area contributed by atoms with Gasteiger partial charge in [0.1, 0.15) is 11.5 Å². The highest BCUT2D eigenvalue weighted by molar-refractivity contribution is 5.96. The second-order valence-corrected chi connectivity index (χ2v) is 7.98. The van der Waals surface area contributed by atoms with Crippen molar-refractivity contribution in [1.82, 2.24) is 10.7 Å². The summed E-state index contributed by atoms with van der Waals surface area (Å²) in [6.07, 6.45) is 3.46. The molecule has 0 aliphatic heterocycles. The zero-order valence-corrected chi connectivity index (χ0v) is 20.3. The summed E-state index contributed by atoms with van der Waals surface area (Å²) in [5.41, 5.74) is 4.82. The summed E-state index contributed by atoms with van der Waals surface area (Å²) in [6, 6.07) is 20.6. The molecule has 0 unspecified atom stereocenters. The number of nitrogens with one attached hydrogen (secondary N) is 2. The van der Waals surface area contributed by atoms with Gasteiger partial charge in [-0.25, -0.2) is 10.2 Å². The molecule has 0 spiro atoms. The van der Waals surface area contributed by atoms with E-state index in [1.165, 1.54) is 6.21 Å². The predicted molar refractivity (Wildman–Crippen MR) is 137 cm³/mol. The highest BCUT2D eigenvalue weighted by Crippen LogP contribution is 2.16. The van der Waals surface area contributed by atoms with Crippen LogP contribution in [0.1, 0.15) is 51.6 Å². The van der Waals surface area contributed by atoms with Crippen molar-refractivity contribution < 1.29 is 23.9 Å². The van der Waals surface area contributed by atoms with E-state index in [1.807, 2.05) is 19.1 Å². The lowest BCUT2D eigenvalue weighted by molar-refractivity contribution is -0.120. The average molecular weight is 488 g/mol. The Bertz CT molecular complexity index is 1200. The van der Waals surface area contributed by atoms with Gasteiger partial charge in [0.25, 0.3) is 11.8 Å². The second kappa shape index (κ2) is 13.4. The van der Waals surface area contributed by atoms with Crippen molar-refractivity contribution in [2.75, 3.05) is 13.2 Å². The zero-order valence-electron chi connectivity index (χ0n) is 20.3. The van der Waals surface area contributed by atoms with E-state index < -0.39 is 11.9 Å². The van der Waals surface area contributed by atoms with Crippen molar-refractivity contribution in [2.24, 2.45) is 5.10 Å². The minimum Gasteiger partial charge on any atom is -0.494 e. The first-order valence-electron chi connectivity index (χ1n) is 11.7. The van der Waals surface area contributed by atoms with E-state index in [0.717, 1.165) is 18.4 Å². The van der Waals surface area contributed by atoms with Crippen molar-refractivity contribution in [1.29, 1.82) is 0 Å². The highest BCUT2D eigenvalue weighted by atomic mass is 16.5. The van der Waals surface area contributed by atoms with Gasteiger partial charge < -0.3 is 14.8 Å². The van der Waals surface area contributed by atoms with E-state index in [-0.39, 0.29) is 12.5 Å². The molecule has 186 valence electrons. The number of aryl methyl sites for hydroxylation is 1. The Hall–Kier alpha value is -4.46. The van der Waals surface area contributed by atoms with Gasteiger partial charge in [0.05, 0.1) is 24.9 Å². The van der Waals surface area contributed by atoms with Gasteiger partial charge in [0.15, 0.2) is 0 Å². The number of esters is 1. The van der Waals surface area contributed by atoms with E-state index in [1.54, 1.807) is 60.7 Å². The van der Waals surface area contributed by atoms with Crippen LogP contribution in [0.15, 0.2) is 77.9 Å². The third kappa shape index (κ3) is 8.09. The van der Waals surface area contributed by atoms with Crippen molar-refractivity contribution in [3.05, 3.63) is 95.1 Å². The van der Waals surface area contributed by atoms with Crippen molar-refractivity contribution in [2.45, 2.75) is 26.7 Å². The monoisotopic (exact) mass is 487 g/mol. The molecule has 0 heterocycles. The molecule has 0 fully saturated rings. The predicted octanol–water partition coefficient (Wildman–Crippen LogP) is 4.27. The molecule has 36 heavy (non-hydrogen) atoms. The molecule has 0 radical (unpaired) electrons. The van der Waals surface area contributed by atoms with Gasteiger partial charge in [-0.2, -0.15) is 5.10 Å². The summed E-state index contributed by atoms with van der Waals surface area (Å²) in [4.78, 5) is 36.5. The number of hydrogen-bond donors (Lipinski definition) is 2. The lowest BCUT2D eigenvalue weighted by Gasteiger charge is -2.07. The lowest BCUT2D eigenvalue weighted by Crippen LogP contribution is -2.34. The van der Waals surface area contributed by atoms with E-state index in [4.69, 9.17) is 9.47 Å². The summed E-state index contributed by atoms with van der Waals surface area (Å²) in [6.45, 7) is 4.34. The SMILES string of the molecule is CCCCOc1ccc(C(=O)NCC(=O)N/N=C/c2ccc(OC(=O)c3ccccc3C)cc2)cc1. The number of hydrazone groups is 1. The van der Waals surface area contributed by atoms with Crippen LogP contribution in [0, 0.1) is 6.92 Å². The molecule has 3 aromatic carbocycles. The van der Waals surface area contributed by atoms with Crippen LogP contribution >= 0.6 is 0 Å². The van der Waals surface area contributed by atoms with Crippen molar-refractivity contribution in [3.63, 3.8) is 0 Å². The molecule has 0 saturated heterocycles. The molecule has 0 aliphatic carbocycles. The van der Waals surface area contributed by atoms with Crippen LogP contribution in [0.25, 0.3) is 0 Å². The van der Waals surface area contributed by atoms with E-state index in [9.17, 15) is 14.4 Å². The fourth-order valence-electron chi connectivity index (χ4n) is 3.10. The fraction of sp³-hybridized carbons (Fsp3) is 0.214. The molecule has 0 saturated carbocycles. The molecule has 8 nitrogen and oxygen atoms in total. The molecule has 8 heteroatoms. The van der Waals surface area contributed by atoms with Gasteiger partial charge in [0, 0.05) is 5.56 Å². The minimum atomic E-state index is -0.470. The Morgan fingerprint density at radius 3 is 2.31 bits per heavy atom. The van der Waals surface area contributed by atoms with E-state index in [0.29, 0.717) is 34.8 Å². The third-order valence-corrected chi connectivity index (χ3v) is 5.15. The molecular weight excluding hydrogens is 458 g/mol. The van der Waals surface area contributed by atoms with Gasteiger partial charge in [-0.05, 0) is 79.1 Å². The summed E-state index contributed by atoms with van der Waals surface area (Å²) < 4.78 is 11.0. The minimum absolute atomic E-state index is 0.223. The number of ether oxygens (including phenoxy) is 2. The summed E-state index contributed by atoms with van der Waals surface area (Å²) in [5.74, 6) is -0.176. The van der Waals surface area contributed by atoms with Crippen LogP contribution in [0.5, 0.6) is 11.5 Å². The van der Waals surface area contributed by atoms with Crippen LogP contribution in [-0.4, -0.2) is 37.1 Å². The van der Waals surface area contributed by atoms with Crippen LogP contribution in [-0.2, 0) is 4.79 Å².